The van der Waals surface area contributed by atoms with E-state index in [1.54, 1.807) is 6.08 Å². The maximum absolute atomic E-state index is 12.0. The molecule has 1 heterocycles. The Bertz CT molecular complexity index is 510. The van der Waals surface area contributed by atoms with Crippen LogP contribution in [0.25, 0.3) is 6.08 Å². The molecule has 1 aromatic carbocycles. The average molecular weight is 277 g/mol. The van der Waals surface area contributed by atoms with E-state index in [2.05, 4.69) is 0 Å². The van der Waals surface area contributed by atoms with E-state index < -0.39 is 12.0 Å². The van der Waals surface area contributed by atoms with Gasteiger partial charge in [0.2, 0.25) is 5.91 Å². The van der Waals surface area contributed by atoms with Crippen LogP contribution in [0, 0.1) is 6.92 Å². The first-order chi connectivity index (χ1) is 9.08. The van der Waals surface area contributed by atoms with Gasteiger partial charge in [-0.1, -0.05) is 29.8 Å². The molecule has 5 heteroatoms. The van der Waals surface area contributed by atoms with Crippen molar-refractivity contribution in [1.29, 1.82) is 0 Å². The van der Waals surface area contributed by atoms with Gasteiger partial charge < -0.3 is 10.0 Å². The molecule has 0 spiro atoms. The van der Waals surface area contributed by atoms with Crippen molar-refractivity contribution in [3.8, 4) is 0 Å². The molecule has 1 saturated heterocycles. The van der Waals surface area contributed by atoms with E-state index in [9.17, 15) is 9.59 Å². The van der Waals surface area contributed by atoms with Crippen LogP contribution in [0.1, 0.15) is 11.1 Å². The lowest BCUT2D eigenvalue weighted by molar-refractivity contribution is -0.146. The molecule has 1 atom stereocenters. The summed E-state index contributed by atoms with van der Waals surface area (Å²) in [6, 6.07) is 7.07. The van der Waals surface area contributed by atoms with Crippen LogP contribution in [0.4, 0.5) is 0 Å². The molecule has 1 N–H and O–H groups in total. The second kappa shape index (κ2) is 5.93. The van der Waals surface area contributed by atoms with Crippen molar-refractivity contribution in [2.24, 2.45) is 0 Å². The fraction of sp³-hybridized carbons (Fsp3) is 0.286. The lowest BCUT2D eigenvalue weighted by atomic mass is 10.1. The van der Waals surface area contributed by atoms with Gasteiger partial charge in [0.25, 0.3) is 0 Å². The van der Waals surface area contributed by atoms with Crippen LogP contribution in [0.15, 0.2) is 30.3 Å². The topological polar surface area (TPSA) is 57.6 Å². The number of benzene rings is 1. The number of nitrogens with zero attached hydrogens (tertiary/aromatic N) is 1. The Labute approximate surface area is 116 Å². The molecule has 1 fully saturated rings. The molecule has 0 aliphatic carbocycles. The minimum atomic E-state index is -0.943. The minimum absolute atomic E-state index is 0.252. The molecule has 100 valence electrons. The van der Waals surface area contributed by atoms with Gasteiger partial charge >= 0.3 is 5.97 Å². The van der Waals surface area contributed by atoms with Crippen molar-refractivity contribution in [3.05, 3.63) is 41.5 Å². The van der Waals surface area contributed by atoms with E-state index in [0.29, 0.717) is 11.6 Å². The predicted molar refractivity (Wildman–Crippen MR) is 75.8 cm³/mol. The van der Waals surface area contributed by atoms with Gasteiger partial charge in [-0.2, -0.15) is 0 Å². The van der Waals surface area contributed by atoms with Gasteiger partial charge in [0.1, 0.15) is 6.04 Å². The molecule has 0 aromatic heterocycles. The zero-order chi connectivity index (χ0) is 13.8. The van der Waals surface area contributed by atoms with Gasteiger partial charge in [-0.05, 0) is 18.6 Å². The van der Waals surface area contributed by atoms with Crippen LogP contribution in [-0.4, -0.2) is 39.6 Å². The molecule has 2 rings (SSSR count). The quantitative estimate of drug-likeness (QED) is 0.858. The summed E-state index contributed by atoms with van der Waals surface area (Å²) < 4.78 is 0. The Balaban J connectivity index is 2.04. The van der Waals surface area contributed by atoms with Gasteiger partial charge in [0.05, 0.1) is 5.88 Å². The summed E-state index contributed by atoms with van der Waals surface area (Å²) in [6.45, 7) is 2.00. The van der Waals surface area contributed by atoms with Gasteiger partial charge in [0.15, 0.2) is 0 Å². The lowest BCUT2D eigenvalue weighted by Crippen LogP contribution is -2.40. The molecular formula is C14H15NO3S. The zero-order valence-corrected chi connectivity index (χ0v) is 11.4. The monoisotopic (exact) mass is 277 g/mol. The van der Waals surface area contributed by atoms with Crippen molar-refractivity contribution in [3.63, 3.8) is 0 Å². The van der Waals surface area contributed by atoms with E-state index in [4.69, 9.17) is 5.11 Å². The number of aryl methyl sites for hydroxylation is 1. The molecule has 0 radical (unpaired) electrons. The van der Waals surface area contributed by atoms with E-state index in [1.165, 1.54) is 22.7 Å². The maximum atomic E-state index is 12.0. The highest BCUT2D eigenvalue weighted by Crippen LogP contribution is 2.21. The summed E-state index contributed by atoms with van der Waals surface area (Å²) in [5, 5.41) is 9.02. The van der Waals surface area contributed by atoms with Crippen LogP contribution in [0.3, 0.4) is 0 Å². The fourth-order valence-corrected chi connectivity index (χ4v) is 2.96. The van der Waals surface area contributed by atoms with E-state index in [1.807, 2.05) is 31.2 Å². The summed E-state index contributed by atoms with van der Waals surface area (Å²) in [6.07, 6.45) is 3.15. The molecule has 4 nitrogen and oxygen atoms in total. The number of amides is 1. The minimum Gasteiger partial charge on any atom is -0.480 e. The Hall–Kier alpha value is -1.75. The first-order valence-electron chi connectivity index (χ1n) is 5.94. The number of carboxylic acid groups (broad SMARTS) is 1. The van der Waals surface area contributed by atoms with Crippen LogP contribution in [0.2, 0.25) is 0 Å². The summed E-state index contributed by atoms with van der Waals surface area (Å²) in [5.41, 5.74) is 2.09. The van der Waals surface area contributed by atoms with E-state index in [-0.39, 0.29) is 5.91 Å². The molecule has 1 aromatic rings. The third-order valence-electron chi connectivity index (χ3n) is 2.95. The number of hydrogen-bond acceptors (Lipinski definition) is 3. The Morgan fingerprint density at radius 2 is 2.05 bits per heavy atom. The molecule has 1 aliphatic rings. The number of hydrogen-bond donors (Lipinski definition) is 1. The molecule has 0 bridgehead atoms. The Kier molecular flexibility index (Phi) is 4.27. The van der Waals surface area contributed by atoms with Gasteiger partial charge in [-0.15, -0.1) is 11.8 Å². The second-order valence-corrected chi connectivity index (χ2v) is 5.41. The Morgan fingerprint density at radius 3 is 2.68 bits per heavy atom. The molecule has 1 amide bonds. The number of thioether (sulfide) groups is 1. The molecule has 19 heavy (non-hydrogen) atoms. The lowest BCUT2D eigenvalue weighted by Gasteiger charge is -2.18. The molecule has 0 saturated carbocycles. The highest BCUT2D eigenvalue weighted by molar-refractivity contribution is 7.99. The first-order valence-corrected chi connectivity index (χ1v) is 7.09. The highest BCUT2D eigenvalue weighted by atomic mass is 32.2. The summed E-state index contributed by atoms with van der Waals surface area (Å²) in [7, 11) is 0. The highest BCUT2D eigenvalue weighted by Gasteiger charge is 2.33. The van der Waals surface area contributed by atoms with Crippen molar-refractivity contribution in [2.75, 3.05) is 11.6 Å². The van der Waals surface area contributed by atoms with Gasteiger partial charge in [-0.25, -0.2) is 4.79 Å². The Morgan fingerprint density at radius 1 is 1.37 bits per heavy atom. The smallest absolute Gasteiger partial charge is 0.327 e. The predicted octanol–water partition coefficient (Wildman–Crippen LogP) is 1.99. The van der Waals surface area contributed by atoms with E-state index in [0.717, 1.165) is 11.1 Å². The number of carbonyl (C=O) groups excluding carboxylic acids is 1. The van der Waals surface area contributed by atoms with Crippen LogP contribution in [-0.2, 0) is 9.59 Å². The number of carboxylic acids is 1. The van der Waals surface area contributed by atoms with Crippen molar-refractivity contribution >= 4 is 29.7 Å². The van der Waals surface area contributed by atoms with E-state index >= 15 is 0 Å². The van der Waals surface area contributed by atoms with Crippen LogP contribution < -0.4 is 0 Å². The third-order valence-corrected chi connectivity index (χ3v) is 3.96. The standard InChI is InChI=1S/C14H15NO3S/c1-10-2-4-11(5-3-10)6-7-13(16)15-9-19-8-12(15)14(17)18/h2-7,12H,8-9H2,1H3,(H,17,18)/b7-6+. The summed E-state index contributed by atoms with van der Waals surface area (Å²) in [4.78, 5) is 24.3. The largest absolute Gasteiger partial charge is 0.480 e. The number of rotatable bonds is 3. The average Bonchev–Trinajstić information content (AvgIpc) is 2.87. The van der Waals surface area contributed by atoms with Crippen molar-refractivity contribution < 1.29 is 14.7 Å². The van der Waals surface area contributed by atoms with Crippen LogP contribution in [0.5, 0.6) is 0 Å². The molecular weight excluding hydrogens is 262 g/mol. The fourth-order valence-electron chi connectivity index (χ4n) is 1.81. The summed E-state index contributed by atoms with van der Waals surface area (Å²) in [5.74, 6) is -0.298. The molecule has 1 aliphatic heterocycles. The van der Waals surface area contributed by atoms with Crippen molar-refractivity contribution in [1.82, 2.24) is 4.90 Å². The zero-order valence-electron chi connectivity index (χ0n) is 10.6. The summed E-state index contributed by atoms with van der Waals surface area (Å²) >= 11 is 1.46. The SMILES string of the molecule is Cc1ccc(/C=C/C(=O)N2CSCC2C(=O)O)cc1. The number of carbonyl (C=O) groups is 2. The van der Waals surface area contributed by atoms with Crippen LogP contribution >= 0.6 is 11.8 Å². The normalized spacial score (nSPS) is 19.0. The molecule has 1 unspecified atom stereocenters. The van der Waals surface area contributed by atoms with Gasteiger partial charge in [-0.3, -0.25) is 4.79 Å². The van der Waals surface area contributed by atoms with Crippen molar-refractivity contribution in [2.45, 2.75) is 13.0 Å². The second-order valence-electron chi connectivity index (χ2n) is 4.41. The third kappa shape index (κ3) is 3.38. The number of aliphatic carboxylic acids is 1. The maximum Gasteiger partial charge on any atom is 0.327 e. The first kappa shape index (κ1) is 13.7. The van der Waals surface area contributed by atoms with Gasteiger partial charge in [0, 0.05) is 11.8 Å².